The first-order valence-corrected chi connectivity index (χ1v) is 8.18. The molecular weight excluding hydrogens is 236 g/mol. The Morgan fingerprint density at radius 1 is 1.16 bits per heavy atom. The third kappa shape index (κ3) is 4.44. The van der Waals surface area contributed by atoms with Crippen molar-refractivity contribution in [3.63, 3.8) is 0 Å². The van der Waals surface area contributed by atoms with Crippen molar-refractivity contribution in [3.05, 3.63) is 0 Å². The van der Waals surface area contributed by atoms with E-state index in [2.05, 4.69) is 31.0 Å². The minimum atomic E-state index is -0.0660. The summed E-state index contributed by atoms with van der Waals surface area (Å²) in [5.74, 6) is 0. The van der Waals surface area contributed by atoms with Gasteiger partial charge in [0.25, 0.3) is 0 Å². The molecule has 3 unspecified atom stereocenters. The molecule has 0 radical (unpaired) electrons. The summed E-state index contributed by atoms with van der Waals surface area (Å²) >= 11 is 0. The van der Waals surface area contributed by atoms with Crippen LogP contribution in [0.25, 0.3) is 0 Å². The quantitative estimate of drug-likeness (QED) is 0.745. The van der Waals surface area contributed by atoms with Gasteiger partial charge in [0.2, 0.25) is 0 Å². The van der Waals surface area contributed by atoms with Crippen LogP contribution in [0.1, 0.15) is 65.7 Å². The second-order valence-electron chi connectivity index (χ2n) is 7.11. The lowest BCUT2D eigenvalue weighted by Crippen LogP contribution is -2.48. The maximum Gasteiger partial charge on any atom is 0.0610 e. The summed E-state index contributed by atoms with van der Waals surface area (Å²) in [6.45, 7) is 8.35. The highest BCUT2D eigenvalue weighted by Crippen LogP contribution is 2.26. The highest BCUT2D eigenvalue weighted by atomic mass is 16.3. The van der Waals surface area contributed by atoms with Crippen LogP contribution < -0.4 is 5.32 Å². The lowest BCUT2D eigenvalue weighted by atomic mass is 9.94. The van der Waals surface area contributed by atoms with Crippen molar-refractivity contribution in [3.8, 4) is 0 Å². The highest BCUT2D eigenvalue weighted by molar-refractivity contribution is 4.92. The lowest BCUT2D eigenvalue weighted by Gasteiger charge is -2.40. The fourth-order valence-electron chi connectivity index (χ4n) is 3.48. The van der Waals surface area contributed by atoms with Gasteiger partial charge < -0.3 is 10.4 Å². The first kappa shape index (κ1) is 15.3. The molecule has 0 bridgehead atoms. The van der Waals surface area contributed by atoms with E-state index in [-0.39, 0.29) is 12.1 Å². The third-order valence-electron chi connectivity index (χ3n) is 5.00. The Bertz CT molecular complexity index is 270. The SMILES string of the molecule is CC1CCCC(C)N1CCCC(C)(CO)NC1CC1. The van der Waals surface area contributed by atoms with Crippen molar-refractivity contribution in [2.45, 2.75) is 89.4 Å². The molecule has 2 aliphatic rings. The predicted molar refractivity (Wildman–Crippen MR) is 80.4 cm³/mol. The van der Waals surface area contributed by atoms with Gasteiger partial charge in [0.05, 0.1) is 6.61 Å². The summed E-state index contributed by atoms with van der Waals surface area (Å²) < 4.78 is 0. The van der Waals surface area contributed by atoms with Crippen LogP contribution in [-0.4, -0.2) is 46.8 Å². The van der Waals surface area contributed by atoms with Crippen LogP contribution >= 0.6 is 0 Å². The first-order valence-electron chi connectivity index (χ1n) is 8.18. The lowest BCUT2D eigenvalue weighted by molar-refractivity contribution is 0.0924. The summed E-state index contributed by atoms with van der Waals surface area (Å²) in [5, 5.41) is 13.2. The highest BCUT2D eigenvalue weighted by Gasteiger charge is 2.32. The molecule has 2 fully saturated rings. The molecule has 3 nitrogen and oxygen atoms in total. The standard InChI is InChI=1S/C16H32N2O/c1-13-6-4-7-14(2)18(13)11-5-10-16(3,12-19)17-15-8-9-15/h13-15,17,19H,4-12H2,1-3H3. The molecule has 3 atom stereocenters. The van der Waals surface area contributed by atoms with Gasteiger partial charge in [-0.05, 0) is 65.8 Å². The van der Waals surface area contributed by atoms with Gasteiger partial charge in [-0.15, -0.1) is 0 Å². The summed E-state index contributed by atoms with van der Waals surface area (Å²) in [6, 6.07) is 2.14. The average Bonchev–Trinajstić information content (AvgIpc) is 3.17. The Kier molecular flexibility index (Phi) is 5.27. The minimum Gasteiger partial charge on any atom is -0.394 e. The maximum atomic E-state index is 9.63. The Morgan fingerprint density at radius 3 is 2.32 bits per heavy atom. The maximum absolute atomic E-state index is 9.63. The molecule has 0 amide bonds. The van der Waals surface area contributed by atoms with E-state index in [0.29, 0.717) is 6.04 Å². The van der Waals surface area contributed by atoms with Gasteiger partial charge >= 0.3 is 0 Å². The molecule has 0 aromatic heterocycles. The molecule has 1 aliphatic carbocycles. The van der Waals surface area contributed by atoms with Crippen LogP contribution in [0.4, 0.5) is 0 Å². The predicted octanol–water partition coefficient (Wildman–Crippen LogP) is 2.53. The van der Waals surface area contributed by atoms with Crippen LogP contribution in [0.3, 0.4) is 0 Å². The number of piperidine rings is 1. The second kappa shape index (κ2) is 6.55. The van der Waals surface area contributed by atoms with Gasteiger partial charge in [0, 0.05) is 23.7 Å². The number of rotatable bonds is 7. The van der Waals surface area contributed by atoms with Crippen LogP contribution in [0.15, 0.2) is 0 Å². The van der Waals surface area contributed by atoms with Gasteiger partial charge in [-0.1, -0.05) is 6.42 Å². The van der Waals surface area contributed by atoms with Gasteiger partial charge in [-0.3, -0.25) is 4.90 Å². The van der Waals surface area contributed by atoms with Gasteiger partial charge in [0.1, 0.15) is 0 Å². The van der Waals surface area contributed by atoms with Crippen LogP contribution in [-0.2, 0) is 0 Å². The zero-order valence-electron chi connectivity index (χ0n) is 13.0. The Morgan fingerprint density at radius 2 is 1.79 bits per heavy atom. The summed E-state index contributed by atoms with van der Waals surface area (Å²) in [7, 11) is 0. The van der Waals surface area contributed by atoms with Gasteiger partial charge in [0.15, 0.2) is 0 Å². The number of likely N-dealkylation sites (tertiary alicyclic amines) is 1. The van der Waals surface area contributed by atoms with E-state index in [4.69, 9.17) is 0 Å². The summed E-state index contributed by atoms with van der Waals surface area (Å²) in [4.78, 5) is 2.67. The van der Waals surface area contributed by atoms with Crippen molar-refractivity contribution < 1.29 is 5.11 Å². The van der Waals surface area contributed by atoms with Crippen molar-refractivity contribution in [2.24, 2.45) is 0 Å². The molecule has 112 valence electrons. The van der Waals surface area contributed by atoms with Crippen molar-refractivity contribution in [1.82, 2.24) is 10.2 Å². The van der Waals surface area contributed by atoms with Crippen molar-refractivity contribution >= 4 is 0 Å². The minimum absolute atomic E-state index is 0.0660. The van der Waals surface area contributed by atoms with E-state index in [1.165, 1.54) is 45.1 Å². The van der Waals surface area contributed by atoms with E-state index in [1.54, 1.807) is 0 Å². The Balaban J connectivity index is 1.74. The van der Waals surface area contributed by atoms with E-state index in [0.717, 1.165) is 18.5 Å². The van der Waals surface area contributed by atoms with Crippen molar-refractivity contribution in [2.75, 3.05) is 13.2 Å². The largest absolute Gasteiger partial charge is 0.394 e. The fourth-order valence-corrected chi connectivity index (χ4v) is 3.48. The van der Waals surface area contributed by atoms with Crippen LogP contribution in [0.5, 0.6) is 0 Å². The average molecular weight is 268 g/mol. The van der Waals surface area contributed by atoms with E-state index >= 15 is 0 Å². The summed E-state index contributed by atoms with van der Waals surface area (Å²) in [6.07, 6.45) is 8.92. The van der Waals surface area contributed by atoms with E-state index in [9.17, 15) is 5.11 Å². The Hall–Kier alpha value is -0.120. The molecule has 0 aromatic carbocycles. The van der Waals surface area contributed by atoms with Crippen LogP contribution in [0.2, 0.25) is 0 Å². The van der Waals surface area contributed by atoms with Gasteiger partial charge in [-0.25, -0.2) is 0 Å². The first-order chi connectivity index (χ1) is 9.04. The number of nitrogens with one attached hydrogen (secondary N) is 1. The normalized spacial score (nSPS) is 32.2. The fraction of sp³-hybridized carbons (Fsp3) is 1.00. The van der Waals surface area contributed by atoms with Crippen LogP contribution in [0, 0.1) is 0 Å². The molecule has 19 heavy (non-hydrogen) atoms. The molecular formula is C16H32N2O. The number of nitrogens with zero attached hydrogens (tertiary/aromatic N) is 1. The topological polar surface area (TPSA) is 35.5 Å². The van der Waals surface area contributed by atoms with E-state index in [1.807, 2.05) is 0 Å². The number of aliphatic hydroxyl groups excluding tert-OH is 1. The Labute approximate surface area is 118 Å². The van der Waals surface area contributed by atoms with Gasteiger partial charge in [-0.2, -0.15) is 0 Å². The molecule has 0 aromatic rings. The molecule has 0 spiro atoms. The number of aliphatic hydroxyl groups is 1. The molecule has 2 N–H and O–H groups in total. The third-order valence-corrected chi connectivity index (χ3v) is 5.00. The second-order valence-corrected chi connectivity index (χ2v) is 7.11. The number of hydrogen-bond donors (Lipinski definition) is 2. The number of hydrogen-bond acceptors (Lipinski definition) is 3. The molecule has 2 rings (SSSR count). The molecule has 1 aliphatic heterocycles. The zero-order valence-corrected chi connectivity index (χ0v) is 13.0. The zero-order chi connectivity index (χ0) is 13.9. The van der Waals surface area contributed by atoms with Crippen molar-refractivity contribution in [1.29, 1.82) is 0 Å². The van der Waals surface area contributed by atoms with E-state index < -0.39 is 0 Å². The monoisotopic (exact) mass is 268 g/mol. The molecule has 1 heterocycles. The molecule has 1 saturated carbocycles. The molecule has 1 saturated heterocycles. The molecule has 3 heteroatoms. The summed E-state index contributed by atoms with van der Waals surface area (Å²) in [5.41, 5.74) is -0.0660. The smallest absolute Gasteiger partial charge is 0.0610 e.